The molecule has 1 saturated heterocycles. The Kier molecular flexibility index (Phi) is 3.27. The minimum atomic E-state index is -3.20. The van der Waals surface area contributed by atoms with E-state index in [1.807, 2.05) is 0 Å². The highest BCUT2D eigenvalue weighted by Gasteiger charge is 2.41. The average molecular weight is 220 g/mol. The fourth-order valence-corrected chi connectivity index (χ4v) is 3.61. The van der Waals surface area contributed by atoms with E-state index in [4.69, 9.17) is 13.6 Å². The molecule has 82 valence electrons. The summed E-state index contributed by atoms with van der Waals surface area (Å²) >= 11 is 0. The van der Waals surface area contributed by atoms with Gasteiger partial charge >= 0.3 is 7.82 Å². The standard InChI is InChI=1S/C9H17O4P/c1-2-11-14(10)12-7-8-5-3-4-6-9(8)13-14/h8-9H,2-7H2,1H3. The second-order valence-corrected chi connectivity index (χ2v) is 5.47. The van der Waals surface area contributed by atoms with Crippen LogP contribution in [0.5, 0.6) is 0 Å². The van der Waals surface area contributed by atoms with Gasteiger partial charge in [-0.3, -0.25) is 13.6 Å². The third kappa shape index (κ3) is 2.19. The van der Waals surface area contributed by atoms with E-state index in [1.165, 1.54) is 6.42 Å². The molecule has 0 aromatic heterocycles. The lowest BCUT2D eigenvalue weighted by atomic mass is 9.87. The molecule has 0 bridgehead atoms. The molecule has 0 N–H and O–H groups in total. The molecule has 3 atom stereocenters. The van der Waals surface area contributed by atoms with Crippen LogP contribution in [0.4, 0.5) is 0 Å². The Balaban J connectivity index is 1.98. The van der Waals surface area contributed by atoms with Crippen LogP contribution in [0.25, 0.3) is 0 Å². The molecule has 0 amide bonds. The van der Waals surface area contributed by atoms with Gasteiger partial charge in [0.05, 0.1) is 19.3 Å². The fraction of sp³-hybridized carbons (Fsp3) is 1.00. The lowest BCUT2D eigenvalue weighted by molar-refractivity contribution is -0.0295. The van der Waals surface area contributed by atoms with Crippen LogP contribution >= 0.6 is 7.82 Å². The second kappa shape index (κ2) is 4.31. The Morgan fingerprint density at radius 2 is 2.21 bits per heavy atom. The molecule has 0 spiro atoms. The van der Waals surface area contributed by atoms with E-state index >= 15 is 0 Å². The van der Waals surface area contributed by atoms with Crippen molar-refractivity contribution in [1.29, 1.82) is 0 Å². The first kappa shape index (κ1) is 10.6. The molecular weight excluding hydrogens is 203 g/mol. The summed E-state index contributed by atoms with van der Waals surface area (Å²) < 4.78 is 27.5. The Bertz CT molecular complexity index is 243. The molecule has 1 aliphatic carbocycles. The van der Waals surface area contributed by atoms with Crippen molar-refractivity contribution < 1.29 is 18.1 Å². The molecule has 2 fully saturated rings. The predicted molar refractivity (Wildman–Crippen MR) is 52.0 cm³/mol. The topological polar surface area (TPSA) is 44.8 Å². The van der Waals surface area contributed by atoms with Crippen LogP contribution < -0.4 is 0 Å². The zero-order valence-corrected chi connectivity index (χ0v) is 9.37. The van der Waals surface area contributed by atoms with Gasteiger partial charge in [-0.2, -0.15) is 0 Å². The van der Waals surface area contributed by atoms with E-state index in [1.54, 1.807) is 6.92 Å². The largest absolute Gasteiger partial charge is 0.475 e. The molecule has 2 aliphatic rings. The number of hydrogen-bond acceptors (Lipinski definition) is 4. The van der Waals surface area contributed by atoms with Gasteiger partial charge in [-0.25, -0.2) is 4.57 Å². The molecule has 1 heterocycles. The maximum atomic E-state index is 11.8. The van der Waals surface area contributed by atoms with Gasteiger partial charge < -0.3 is 0 Å². The summed E-state index contributed by atoms with van der Waals surface area (Å²) in [5.41, 5.74) is 0. The van der Waals surface area contributed by atoms with Crippen molar-refractivity contribution in [3.63, 3.8) is 0 Å². The van der Waals surface area contributed by atoms with Gasteiger partial charge in [-0.1, -0.05) is 12.8 Å². The van der Waals surface area contributed by atoms with Crippen LogP contribution in [0.1, 0.15) is 32.6 Å². The van der Waals surface area contributed by atoms with Crippen molar-refractivity contribution >= 4 is 7.82 Å². The van der Waals surface area contributed by atoms with Gasteiger partial charge in [0.15, 0.2) is 0 Å². The minimum Gasteiger partial charge on any atom is -0.287 e. The molecule has 3 unspecified atom stereocenters. The maximum absolute atomic E-state index is 11.8. The van der Waals surface area contributed by atoms with E-state index in [-0.39, 0.29) is 6.10 Å². The zero-order valence-electron chi connectivity index (χ0n) is 8.48. The Morgan fingerprint density at radius 1 is 1.43 bits per heavy atom. The maximum Gasteiger partial charge on any atom is 0.475 e. The van der Waals surface area contributed by atoms with Crippen molar-refractivity contribution in [3.8, 4) is 0 Å². The van der Waals surface area contributed by atoms with Crippen LogP contribution in [0, 0.1) is 5.92 Å². The molecule has 0 aromatic rings. The van der Waals surface area contributed by atoms with Crippen LogP contribution in [0.15, 0.2) is 0 Å². The van der Waals surface area contributed by atoms with Crippen molar-refractivity contribution in [2.45, 2.75) is 38.7 Å². The SMILES string of the molecule is CCOP1(=O)OCC2CCCCC2O1. The molecule has 5 heteroatoms. The Hall–Kier alpha value is 0.110. The van der Waals surface area contributed by atoms with Crippen molar-refractivity contribution in [2.75, 3.05) is 13.2 Å². The van der Waals surface area contributed by atoms with Crippen LogP contribution in [-0.2, 0) is 18.1 Å². The molecule has 4 nitrogen and oxygen atoms in total. The number of hydrogen-bond donors (Lipinski definition) is 0. The van der Waals surface area contributed by atoms with E-state index < -0.39 is 7.82 Å². The number of phosphoric ester groups is 1. The highest BCUT2D eigenvalue weighted by molar-refractivity contribution is 7.48. The highest BCUT2D eigenvalue weighted by atomic mass is 31.2. The van der Waals surface area contributed by atoms with E-state index in [2.05, 4.69) is 0 Å². The van der Waals surface area contributed by atoms with Gasteiger partial charge in [-0.15, -0.1) is 0 Å². The number of fused-ring (bicyclic) bond motifs is 1. The van der Waals surface area contributed by atoms with Crippen molar-refractivity contribution in [1.82, 2.24) is 0 Å². The molecule has 1 saturated carbocycles. The normalized spacial score (nSPS) is 43.2. The van der Waals surface area contributed by atoms with Crippen LogP contribution in [0.3, 0.4) is 0 Å². The first-order chi connectivity index (χ1) is 6.73. The lowest BCUT2D eigenvalue weighted by Gasteiger charge is -2.37. The number of rotatable bonds is 2. The number of phosphoric acid groups is 1. The van der Waals surface area contributed by atoms with Crippen molar-refractivity contribution in [2.24, 2.45) is 5.92 Å². The molecular formula is C9H17O4P. The smallest absolute Gasteiger partial charge is 0.287 e. The quantitative estimate of drug-likeness (QED) is 0.671. The summed E-state index contributed by atoms with van der Waals surface area (Å²) in [5.74, 6) is 0.422. The molecule has 0 radical (unpaired) electrons. The van der Waals surface area contributed by atoms with Crippen LogP contribution in [0.2, 0.25) is 0 Å². The van der Waals surface area contributed by atoms with Crippen LogP contribution in [-0.4, -0.2) is 19.3 Å². The zero-order chi connectivity index (χ0) is 10.0. The minimum absolute atomic E-state index is 0.0925. The monoisotopic (exact) mass is 220 g/mol. The van der Waals surface area contributed by atoms with E-state index in [0.717, 1.165) is 19.3 Å². The first-order valence-corrected chi connectivity index (χ1v) is 6.77. The summed E-state index contributed by atoms with van der Waals surface area (Å²) in [5, 5.41) is 0. The summed E-state index contributed by atoms with van der Waals surface area (Å²) in [6.07, 6.45) is 4.59. The summed E-state index contributed by atoms with van der Waals surface area (Å²) in [6, 6.07) is 0. The molecule has 0 aromatic carbocycles. The van der Waals surface area contributed by atoms with Crippen molar-refractivity contribution in [3.05, 3.63) is 0 Å². The summed E-state index contributed by atoms with van der Waals surface area (Å²) in [4.78, 5) is 0. The van der Waals surface area contributed by atoms with Gasteiger partial charge in [-0.05, 0) is 19.8 Å². The molecule has 1 aliphatic heterocycles. The lowest BCUT2D eigenvalue weighted by Crippen LogP contribution is -2.34. The summed E-state index contributed by atoms with van der Waals surface area (Å²) in [7, 11) is -3.20. The van der Waals surface area contributed by atoms with Gasteiger partial charge in [0, 0.05) is 5.92 Å². The Labute approximate surface area is 84.5 Å². The second-order valence-electron chi connectivity index (χ2n) is 3.85. The van der Waals surface area contributed by atoms with Gasteiger partial charge in [0.2, 0.25) is 0 Å². The fourth-order valence-electron chi connectivity index (χ4n) is 2.11. The highest BCUT2D eigenvalue weighted by Crippen LogP contribution is 2.56. The van der Waals surface area contributed by atoms with Gasteiger partial charge in [0.25, 0.3) is 0 Å². The van der Waals surface area contributed by atoms with E-state index in [9.17, 15) is 4.57 Å². The molecule has 2 rings (SSSR count). The van der Waals surface area contributed by atoms with Gasteiger partial charge in [0.1, 0.15) is 0 Å². The van der Waals surface area contributed by atoms with E-state index in [0.29, 0.717) is 19.1 Å². The average Bonchev–Trinajstić information content (AvgIpc) is 2.17. The molecule has 14 heavy (non-hydrogen) atoms. The third-order valence-corrected chi connectivity index (χ3v) is 4.41. The first-order valence-electron chi connectivity index (χ1n) is 5.31. The predicted octanol–water partition coefficient (Wildman–Crippen LogP) is 2.74. The Morgan fingerprint density at radius 3 is 3.00 bits per heavy atom. The summed E-state index contributed by atoms with van der Waals surface area (Å²) in [6.45, 7) is 2.69. The third-order valence-electron chi connectivity index (χ3n) is 2.84.